The van der Waals surface area contributed by atoms with Gasteiger partial charge in [-0.25, -0.2) is 0 Å². The van der Waals surface area contributed by atoms with Crippen LogP contribution in [0.2, 0.25) is 5.02 Å². The van der Waals surface area contributed by atoms with Gasteiger partial charge in [0.05, 0.1) is 17.7 Å². The molecule has 0 saturated heterocycles. The molecule has 0 spiro atoms. The molecule has 0 atom stereocenters. The minimum Gasteiger partial charge on any atom is -0.493 e. The topological polar surface area (TPSA) is 64.4 Å². The molecule has 1 heterocycles. The molecular formula is C23H21ClN2O3. The van der Waals surface area contributed by atoms with Crippen molar-refractivity contribution in [1.29, 1.82) is 5.26 Å². The zero-order valence-electron chi connectivity index (χ0n) is 16.5. The first kappa shape index (κ1) is 20.5. The summed E-state index contributed by atoms with van der Waals surface area (Å²) in [6.07, 6.45) is 3.16. The quantitative estimate of drug-likeness (QED) is 0.524. The van der Waals surface area contributed by atoms with E-state index in [0.29, 0.717) is 34.4 Å². The number of halogens is 1. The molecule has 148 valence electrons. The number of nitriles is 1. The normalized spacial score (nSPS) is 10.3. The van der Waals surface area contributed by atoms with Gasteiger partial charge in [-0.05, 0) is 36.6 Å². The van der Waals surface area contributed by atoms with Crippen molar-refractivity contribution in [2.24, 2.45) is 0 Å². The fourth-order valence-corrected chi connectivity index (χ4v) is 3.02. The first-order valence-corrected chi connectivity index (χ1v) is 9.42. The largest absolute Gasteiger partial charge is 0.493 e. The molecule has 0 aliphatic heterocycles. The van der Waals surface area contributed by atoms with Gasteiger partial charge in [0.2, 0.25) is 0 Å². The lowest BCUT2D eigenvalue weighted by atomic mass is 10.0. The second kappa shape index (κ2) is 9.31. The predicted molar refractivity (Wildman–Crippen MR) is 112 cm³/mol. The van der Waals surface area contributed by atoms with Crippen molar-refractivity contribution < 1.29 is 14.2 Å². The number of hydrogen-bond donors (Lipinski definition) is 0. The van der Waals surface area contributed by atoms with Crippen molar-refractivity contribution in [2.75, 3.05) is 7.11 Å². The Morgan fingerprint density at radius 1 is 1.00 bits per heavy atom. The van der Waals surface area contributed by atoms with Gasteiger partial charge >= 0.3 is 0 Å². The van der Waals surface area contributed by atoms with E-state index >= 15 is 0 Å². The second-order valence-corrected chi connectivity index (χ2v) is 6.97. The molecule has 0 unspecified atom stereocenters. The highest BCUT2D eigenvalue weighted by molar-refractivity contribution is 6.32. The van der Waals surface area contributed by atoms with Crippen LogP contribution in [0.4, 0.5) is 0 Å². The Labute approximate surface area is 175 Å². The number of methoxy groups -OCH3 is 1. The molecule has 29 heavy (non-hydrogen) atoms. The highest BCUT2D eigenvalue weighted by atomic mass is 35.5. The van der Waals surface area contributed by atoms with E-state index in [0.717, 1.165) is 11.1 Å². The van der Waals surface area contributed by atoms with Crippen LogP contribution in [-0.2, 0) is 13.2 Å². The second-order valence-electron chi connectivity index (χ2n) is 6.56. The average molecular weight is 409 g/mol. The van der Waals surface area contributed by atoms with E-state index < -0.39 is 0 Å². The molecule has 3 rings (SSSR count). The molecule has 0 aliphatic carbocycles. The van der Waals surface area contributed by atoms with Gasteiger partial charge in [-0.2, -0.15) is 5.26 Å². The summed E-state index contributed by atoms with van der Waals surface area (Å²) in [5.74, 6) is 1.50. The number of aryl methyl sites for hydroxylation is 1. The van der Waals surface area contributed by atoms with Crippen LogP contribution in [0.1, 0.15) is 27.8 Å². The molecule has 5 nitrogen and oxygen atoms in total. The van der Waals surface area contributed by atoms with Crippen LogP contribution in [0.15, 0.2) is 48.8 Å². The number of ether oxygens (including phenoxy) is 3. The summed E-state index contributed by atoms with van der Waals surface area (Å²) < 4.78 is 17.2. The van der Waals surface area contributed by atoms with Crippen LogP contribution < -0.4 is 14.2 Å². The molecule has 6 heteroatoms. The molecule has 0 amide bonds. The number of aromatic nitrogens is 1. The standard InChI is InChI=1S/C23H21ClN2O3/c1-15-5-4-6-19(16(15)2)14-29-21-9-23(22(27-3)8-20(21)24)28-13-18-7-17(10-25)11-26-12-18/h4-9,11-12H,13-14H2,1-3H3. The van der Waals surface area contributed by atoms with Crippen LogP contribution in [0.3, 0.4) is 0 Å². The summed E-state index contributed by atoms with van der Waals surface area (Å²) in [5, 5.41) is 9.44. The van der Waals surface area contributed by atoms with E-state index in [9.17, 15) is 0 Å². The smallest absolute Gasteiger partial charge is 0.165 e. The Kier molecular flexibility index (Phi) is 6.58. The van der Waals surface area contributed by atoms with Gasteiger partial charge in [0.25, 0.3) is 0 Å². The molecule has 2 aromatic carbocycles. The third-order valence-corrected chi connectivity index (χ3v) is 4.93. The first-order chi connectivity index (χ1) is 14.0. The van der Waals surface area contributed by atoms with Crippen molar-refractivity contribution in [3.63, 3.8) is 0 Å². The maximum atomic E-state index is 9.00. The van der Waals surface area contributed by atoms with E-state index in [-0.39, 0.29) is 6.61 Å². The molecular weight excluding hydrogens is 388 g/mol. The van der Waals surface area contributed by atoms with Gasteiger partial charge in [0, 0.05) is 30.1 Å². The summed E-state index contributed by atoms with van der Waals surface area (Å²) >= 11 is 6.37. The van der Waals surface area contributed by atoms with Crippen LogP contribution in [-0.4, -0.2) is 12.1 Å². The van der Waals surface area contributed by atoms with E-state index in [1.807, 2.05) is 12.1 Å². The van der Waals surface area contributed by atoms with E-state index in [1.165, 1.54) is 17.3 Å². The van der Waals surface area contributed by atoms with Gasteiger partial charge in [-0.3, -0.25) is 4.98 Å². The minimum absolute atomic E-state index is 0.233. The molecule has 0 aliphatic rings. The number of benzene rings is 2. The SMILES string of the molecule is COc1cc(Cl)c(OCc2cccc(C)c2C)cc1OCc1cncc(C#N)c1. The lowest BCUT2D eigenvalue weighted by molar-refractivity contribution is 0.274. The Morgan fingerprint density at radius 2 is 1.79 bits per heavy atom. The number of nitrogens with zero attached hydrogens (tertiary/aromatic N) is 2. The summed E-state index contributed by atoms with van der Waals surface area (Å²) in [4.78, 5) is 4.04. The molecule has 0 radical (unpaired) electrons. The number of rotatable bonds is 7. The van der Waals surface area contributed by atoms with E-state index in [4.69, 9.17) is 31.1 Å². The van der Waals surface area contributed by atoms with E-state index in [1.54, 1.807) is 31.5 Å². The van der Waals surface area contributed by atoms with Crippen molar-refractivity contribution in [3.05, 3.63) is 81.6 Å². The summed E-state index contributed by atoms with van der Waals surface area (Å²) in [5.41, 5.74) is 4.76. The number of hydrogen-bond acceptors (Lipinski definition) is 5. The van der Waals surface area contributed by atoms with Crippen LogP contribution in [0.5, 0.6) is 17.2 Å². The number of pyridine rings is 1. The van der Waals surface area contributed by atoms with Crippen LogP contribution in [0.25, 0.3) is 0 Å². The molecule has 0 fully saturated rings. The Morgan fingerprint density at radius 3 is 2.55 bits per heavy atom. The molecule has 0 saturated carbocycles. The summed E-state index contributed by atoms with van der Waals surface area (Å²) in [6, 6.07) is 13.3. The summed E-state index contributed by atoms with van der Waals surface area (Å²) in [6.45, 7) is 4.77. The fourth-order valence-electron chi connectivity index (χ4n) is 2.81. The van der Waals surface area contributed by atoms with Crippen molar-refractivity contribution in [3.8, 4) is 23.3 Å². The third kappa shape index (κ3) is 4.98. The Hall–Kier alpha value is -3.23. The lowest BCUT2D eigenvalue weighted by Crippen LogP contribution is -2.02. The monoisotopic (exact) mass is 408 g/mol. The predicted octanol–water partition coefficient (Wildman–Crippen LogP) is 5.39. The zero-order valence-corrected chi connectivity index (χ0v) is 17.3. The van der Waals surface area contributed by atoms with Crippen molar-refractivity contribution in [1.82, 2.24) is 4.98 Å². The highest BCUT2D eigenvalue weighted by Crippen LogP contribution is 2.38. The van der Waals surface area contributed by atoms with Gasteiger partial charge in [-0.15, -0.1) is 0 Å². The maximum absolute atomic E-state index is 9.00. The molecule has 0 bridgehead atoms. The molecule has 0 N–H and O–H groups in total. The first-order valence-electron chi connectivity index (χ1n) is 9.04. The lowest BCUT2D eigenvalue weighted by Gasteiger charge is -2.15. The molecule has 3 aromatic rings. The van der Waals surface area contributed by atoms with Crippen LogP contribution in [0, 0.1) is 25.2 Å². The van der Waals surface area contributed by atoms with Gasteiger partial charge < -0.3 is 14.2 Å². The molecule has 1 aromatic heterocycles. The van der Waals surface area contributed by atoms with Crippen molar-refractivity contribution in [2.45, 2.75) is 27.1 Å². The van der Waals surface area contributed by atoms with Crippen LogP contribution >= 0.6 is 11.6 Å². The average Bonchev–Trinajstić information content (AvgIpc) is 2.74. The summed E-state index contributed by atoms with van der Waals surface area (Å²) in [7, 11) is 1.55. The fraction of sp³-hybridized carbons (Fsp3) is 0.217. The van der Waals surface area contributed by atoms with Gasteiger partial charge in [0.1, 0.15) is 25.0 Å². The highest BCUT2D eigenvalue weighted by Gasteiger charge is 2.13. The minimum atomic E-state index is 0.233. The van der Waals surface area contributed by atoms with Gasteiger partial charge in [0.15, 0.2) is 11.5 Å². The Balaban J connectivity index is 1.78. The zero-order chi connectivity index (χ0) is 20.8. The van der Waals surface area contributed by atoms with Crippen molar-refractivity contribution >= 4 is 11.6 Å². The maximum Gasteiger partial charge on any atom is 0.165 e. The third-order valence-electron chi connectivity index (χ3n) is 4.64. The van der Waals surface area contributed by atoms with E-state index in [2.05, 4.69) is 31.0 Å². The van der Waals surface area contributed by atoms with Gasteiger partial charge in [-0.1, -0.05) is 29.8 Å². The Bertz CT molecular complexity index is 1060.